The van der Waals surface area contributed by atoms with E-state index in [9.17, 15) is 4.79 Å². The molecule has 0 unspecified atom stereocenters. The zero-order valence-electron chi connectivity index (χ0n) is 16.1. The maximum Gasteiger partial charge on any atom is 0.409 e. The molecule has 0 atom stereocenters. The van der Waals surface area contributed by atoms with Crippen molar-refractivity contribution < 1.29 is 9.53 Å². The summed E-state index contributed by atoms with van der Waals surface area (Å²) >= 11 is 0. The van der Waals surface area contributed by atoms with E-state index in [1.165, 1.54) is 11.3 Å². The fourth-order valence-corrected chi connectivity index (χ4v) is 3.21. The minimum atomic E-state index is -0.186. The Bertz CT molecular complexity index is 695. The summed E-state index contributed by atoms with van der Waals surface area (Å²) in [5.74, 6) is 0. The van der Waals surface area contributed by atoms with E-state index in [2.05, 4.69) is 58.7 Å². The number of carbonyl (C=O) groups excluding carboxylic acids is 1. The lowest BCUT2D eigenvalue weighted by Crippen LogP contribution is -2.49. The van der Waals surface area contributed by atoms with Gasteiger partial charge in [-0.05, 0) is 42.7 Å². The molecule has 1 saturated heterocycles. The van der Waals surface area contributed by atoms with Gasteiger partial charge in [0.1, 0.15) is 0 Å². The highest BCUT2D eigenvalue weighted by molar-refractivity contribution is 5.68. The second-order valence-corrected chi connectivity index (χ2v) is 6.80. The van der Waals surface area contributed by atoms with E-state index in [0.717, 1.165) is 38.2 Å². The van der Waals surface area contributed by atoms with Crippen molar-refractivity contribution in [1.29, 1.82) is 0 Å². The number of rotatable bonds is 7. The van der Waals surface area contributed by atoms with Crippen molar-refractivity contribution in [1.82, 2.24) is 4.90 Å². The van der Waals surface area contributed by atoms with E-state index in [4.69, 9.17) is 4.74 Å². The van der Waals surface area contributed by atoms with Gasteiger partial charge in [0, 0.05) is 44.1 Å². The third kappa shape index (κ3) is 5.64. The Morgan fingerprint density at radius 3 is 2.37 bits per heavy atom. The van der Waals surface area contributed by atoms with E-state index < -0.39 is 0 Å². The van der Waals surface area contributed by atoms with E-state index in [1.54, 1.807) is 4.90 Å². The van der Waals surface area contributed by atoms with E-state index in [0.29, 0.717) is 19.7 Å². The van der Waals surface area contributed by atoms with Crippen molar-refractivity contribution in [2.75, 3.05) is 49.5 Å². The average molecular weight is 367 g/mol. The second-order valence-electron chi connectivity index (χ2n) is 6.80. The molecular formula is C22H29N3O2. The molecule has 5 nitrogen and oxygen atoms in total. The number of hydrogen-bond donors (Lipinski definition) is 1. The molecule has 1 heterocycles. The topological polar surface area (TPSA) is 44.8 Å². The normalized spacial score (nSPS) is 14.1. The van der Waals surface area contributed by atoms with E-state index >= 15 is 0 Å². The molecular weight excluding hydrogens is 338 g/mol. The van der Waals surface area contributed by atoms with Crippen molar-refractivity contribution in [3.8, 4) is 0 Å². The van der Waals surface area contributed by atoms with Gasteiger partial charge in [0.2, 0.25) is 0 Å². The van der Waals surface area contributed by atoms with Gasteiger partial charge in [-0.15, -0.1) is 0 Å². The van der Waals surface area contributed by atoms with Crippen molar-refractivity contribution in [3.63, 3.8) is 0 Å². The molecule has 2 aromatic rings. The number of nitrogens with zero attached hydrogens (tertiary/aromatic N) is 2. The molecule has 1 amide bonds. The van der Waals surface area contributed by atoms with Crippen LogP contribution in [0.1, 0.15) is 18.9 Å². The minimum absolute atomic E-state index is 0.186. The summed E-state index contributed by atoms with van der Waals surface area (Å²) in [4.78, 5) is 16.0. The van der Waals surface area contributed by atoms with Gasteiger partial charge in [-0.1, -0.05) is 37.3 Å². The molecule has 144 valence electrons. The summed E-state index contributed by atoms with van der Waals surface area (Å²) in [6, 6.07) is 19.1. The van der Waals surface area contributed by atoms with E-state index in [-0.39, 0.29) is 6.09 Å². The summed E-state index contributed by atoms with van der Waals surface area (Å²) in [7, 11) is 0. The summed E-state index contributed by atoms with van der Waals surface area (Å²) < 4.78 is 5.22. The number of carbonyl (C=O) groups is 1. The first-order valence-electron chi connectivity index (χ1n) is 9.81. The van der Waals surface area contributed by atoms with Gasteiger partial charge in [0.05, 0.1) is 6.61 Å². The first kappa shape index (κ1) is 19.1. The average Bonchev–Trinajstić information content (AvgIpc) is 2.73. The van der Waals surface area contributed by atoms with Crippen LogP contribution in [-0.2, 0) is 11.2 Å². The Hall–Kier alpha value is -2.69. The fourth-order valence-electron chi connectivity index (χ4n) is 3.21. The lowest BCUT2D eigenvalue weighted by atomic mass is 10.1. The number of hydrogen-bond acceptors (Lipinski definition) is 4. The molecule has 0 aromatic heterocycles. The van der Waals surface area contributed by atoms with Crippen LogP contribution in [0.4, 0.5) is 16.2 Å². The van der Waals surface area contributed by atoms with Crippen molar-refractivity contribution in [2.45, 2.75) is 19.8 Å². The number of ether oxygens (including phenoxy) is 1. The molecule has 1 N–H and O–H groups in total. The molecule has 1 aliphatic heterocycles. The SMILES string of the molecule is CCCOC(=O)N1CCN(c2ccc(NCCc3ccccc3)cc2)CC1. The van der Waals surface area contributed by atoms with Crippen molar-refractivity contribution in [2.24, 2.45) is 0 Å². The third-order valence-electron chi connectivity index (χ3n) is 4.79. The molecule has 5 heteroatoms. The Morgan fingerprint density at radius 2 is 1.70 bits per heavy atom. The third-order valence-corrected chi connectivity index (χ3v) is 4.79. The quantitative estimate of drug-likeness (QED) is 0.803. The largest absolute Gasteiger partial charge is 0.449 e. The van der Waals surface area contributed by atoms with Gasteiger partial charge in [-0.3, -0.25) is 0 Å². The van der Waals surface area contributed by atoms with Crippen LogP contribution < -0.4 is 10.2 Å². The summed E-state index contributed by atoms with van der Waals surface area (Å²) in [5.41, 5.74) is 3.68. The predicted molar refractivity (Wildman–Crippen MR) is 111 cm³/mol. The van der Waals surface area contributed by atoms with Crippen molar-refractivity contribution in [3.05, 3.63) is 60.2 Å². The predicted octanol–water partition coefficient (Wildman–Crippen LogP) is 4.01. The van der Waals surface area contributed by atoms with Gasteiger partial charge in [0.25, 0.3) is 0 Å². The highest BCUT2D eigenvalue weighted by Crippen LogP contribution is 2.20. The molecule has 3 rings (SSSR count). The zero-order valence-corrected chi connectivity index (χ0v) is 16.1. The second kappa shape index (κ2) is 9.86. The maximum absolute atomic E-state index is 11.9. The van der Waals surface area contributed by atoms with Crippen LogP contribution >= 0.6 is 0 Å². The lowest BCUT2D eigenvalue weighted by Gasteiger charge is -2.35. The molecule has 0 saturated carbocycles. The highest BCUT2D eigenvalue weighted by Gasteiger charge is 2.22. The van der Waals surface area contributed by atoms with Gasteiger partial charge >= 0.3 is 6.09 Å². The lowest BCUT2D eigenvalue weighted by molar-refractivity contribution is 0.100. The fraction of sp³-hybridized carbons (Fsp3) is 0.409. The van der Waals surface area contributed by atoms with Crippen LogP contribution in [0.15, 0.2) is 54.6 Å². The number of nitrogens with one attached hydrogen (secondary N) is 1. The first-order valence-corrected chi connectivity index (χ1v) is 9.81. The van der Waals surface area contributed by atoms with Crippen LogP contribution in [0.5, 0.6) is 0 Å². The van der Waals surface area contributed by atoms with Crippen LogP contribution in [0.25, 0.3) is 0 Å². The van der Waals surface area contributed by atoms with Gasteiger partial charge < -0.3 is 19.9 Å². The molecule has 0 spiro atoms. The van der Waals surface area contributed by atoms with Crippen LogP contribution in [0.2, 0.25) is 0 Å². The Balaban J connectivity index is 1.43. The Labute approximate surface area is 161 Å². The molecule has 1 aliphatic rings. The Kier molecular flexibility index (Phi) is 6.97. The van der Waals surface area contributed by atoms with Gasteiger partial charge in [0.15, 0.2) is 0 Å². The molecule has 0 radical (unpaired) electrons. The van der Waals surface area contributed by atoms with E-state index in [1.807, 2.05) is 13.0 Å². The standard InChI is InChI=1S/C22H29N3O2/c1-2-18-27-22(26)25-16-14-24(15-17-25)21-10-8-20(9-11-21)23-13-12-19-6-4-3-5-7-19/h3-11,23H,2,12-18H2,1H3. The number of anilines is 2. The molecule has 2 aromatic carbocycles. The summed E-state index contributed by atoms with van der Waals surface area (Å²) in [6.07, 6.45) is 1.69. The molecule has 1 fully saturated rings. The van der Waals surface area contributed by atoms with Gasteiger partial charge in [-0.2, -0.15) is 0 Å². The smallest absolute Gasteiger partial charge is 0.409 e. The van der Waals surface area contributed by atoms with Crippen LogP contribution in [0.3, 0.4) is 0 Å². The molecule has 0 bridgehead atoms. The number of piperazine rings is 1. The molecule has 0 aliphatic carbocycles. The molecule has 27 heavy (non-hydrogen) atoms. The van der Waals surface area contributed by atoms with Crippen LogP contribution in [0, 0.1) is 0 Å². The zero-order chi connectivity index (χ0) is 18.9. The maximum atomic E-state index is 11.9. The van der Waals surface area contributed by atoms with Gasteiger partial charge in [-0.25, -0.2) is 4.79 Å². The number of amides is 1. The highest BCUT2D eigenvalue weighted by atomic mass is 16.6. The monoisotopic (exact) mass is 367 g/mol. The first-order chi connectivity index (χ1) is 13.3. The Morgan fingerprint density at radius 1 is 1.00 bits per heavy atom. The van der Waals surface area contributed by atoms with Crippen LogP contribution in [-0.4, -0.2) is 50.3 Å². The minimum Gasteiger partial charge on any atom is -0.449 e. The number of benzene rings is 2. The summed E-state index contributed by atoms with van der Waals surface area (Å²) in [5, 5.41) is 3.48. The van der Waals surface area contributed by atoms with Crippen molar-refractivity contribution >= 4 is 17.5 Å². The summed E-state index contributed by atoms with van der Waals surface area (Å²) in [6.45, 7) is 6.51.